The summed E-state index contributed by atoms with van der Waals surface area (Å²) in [5.41, 5.74) is -3.40. The van der Waals surface area contributed by atoms with E-state index >= 15 is 0 Å². The predicted octanol–water partition coefficient (Wildman–Crippen LogP) is 6.47. The van der Waals surface area contributed by atoms with Crippen LogP contribution in [0.25, 0.3) is 22.2 Å². The van der Waals surface area contributed by atoms with Crippen LogP contribution in [0.2, 0.25) is 5.02 Å². The van der Waals surface area contributed by atoms with E-state index < -0.39 is 41.2 Å². The van der Waals surface area contributed by atoms with Gasteiger partial charge >= 0.3 is 6.18 Å². The van der Waals surface area contributed by atoms with E-state index in [0.29, 0.717) is 27.8 Å². The second-order valence-electron chi connectivity index (χ2n) is 12.0. The number of fused-ring (bicyclic) bond motifs is 2. The summed E-state index contributed by atoms with van der Waals surface area (Å²) in [6.07, 6.45) is 0.306. The van der Waals surface area contributed by atoms with Crippen molar-refractivity contribution in [1.29, 1.82) is 0 Å². The lowest BCUT2D eigenvalue weighted by molar-refractivity contribution is -0.265. The van der Waals surface area contributed by atoms with Crippen LogP contribution in [0.3, 0.4) is 0 Å². The molecule has 43 heavy (non-hydrogen) atoms. The second-order valence-corrected chi connectivity index (χ2v) is 12.4. The molecule has 7 nitrogen and oxygen atoms in total. The Balaban J connectivity index is 1.26. The van der Waals surface area contributed by atoms with Crippen LogP contribution >= 0.6 is 11.6 Å². The maximum absolute atomic E-state index is 14.7. The topological polar surface area (TPSA) is 89.3 Å². The highest BCUT2D eigenvalue weighted by atomic mass is 35.5. The molecule has 0 bridgehead atoms. The number of amides is 1. The Morgan fingerprint density at radius 2 is 1.88 bits per heavy atom. The Morgan fingerprint density at radius 3 is 2.53 bits per heavy atom. The summed E-state index contributed by atoms with van der Waals surface area (Å²) >= 11 is 6.37. The van der Waals surface area contributed by atoms with Gasteiger partial charge in [0.25, 0.3) is 5.91 Å². The van der Waals surface area contributed by atoms with Crippen molar-refractivity contribution in [1.82, 2.24) is 20.1 Å². The third kappa shape index (κ3) is 4.73. The maximum Gasteiger partial charge on any atom is 0.424 e. The number of alkyl halides is 3. The minimum Gasteiger partial charge on any atom is -0.490 e. The molecule has 12 heteroatoms. The van der Waals surface area contributed by atoms with Gasteiger partial charge in [0.1, 0.15) is 22.8 Å². The normalized spacial score (nSPS) is 21.4. The first kappa shape index (κ1) is 28.1. The lowest BCUT2D eigenvalue weighted by Crippen LogP contribution is -2.51. The smallest absolute Gasteiger partial charge is 0.424 e. The van der Waals surface area contributed by atoms with Crippen molar-refractivity contribution in [2.45, 2.75) is 55.8 Å². The summed E-state index contributed by atoms with van der Waals surface area (Å²) < 4.78 is 65.7. The Hall–Kier alpha value is -3.70. The van der Waals surface area contributed by atoms with E-state index in [1.54, 1.807) is 10.9 Å². The largest absolute Gasteiger partial charge is 0.490 e. The highest BCUT2D eigenvalue weighted by Crippen LogP contribution is 2.56. The number of nitrogens with zero attached hydrogens (tertiary/aromatic N) is 3. The van der Waals surface area contributed by atoms with Gasteiger partial charge in [-0.1, -0.05) is 18.5 Å². The van der Waals surface area contributed by atoms with Crippen LogP contribution in [-0.2, 0) is 11.0 Å². The molecule has 4 aromatic rings. The molecular weight excluding hydrogens is 588 g/mol. The molecule has 7 rings (SSSR count). The van der Waals surface area contributed by atoms with Crippen molar-refractivity contribution in [3.63, 3.8) is 0 Å². The first-order valence-electron chi connectivity index (χ1n) is 14.1. The number of halogens is 5. The number of ether oxygens (including phenoxy) is 1. The van der Waals surface area contributed by atoms with Crippen molar-refractivity contribution >= 4 is 28.4 Å². The summed E-state index contributed by atoms with van der Waals surface area (Å²) in [5.74, 6) is -0.856. The molecule has 224 valence electrons. The second kappa shape index (κ2) is 9.65. The number of hydrogen-bond donors (Lipinski definition) is 2. The number of nitrogens with one attached hydrogen (secondary N) is 1. The van der Waals surface area contributed by atoms with Gasteiger partial charge in [-0.3, -0.25) is 9.48 Å². The van der Waals surface area contributed by atoms with Crippen molar-refractivity contribution in [2.24, 2.45) is 5.92 Å². The minimum absolute atomic E-state index is 0.0287. The molecule has 2 N–H and O–H groups in total. The monoisotopic (exact) mass is 614 g/mol. The summed E-state index contributed by atoms with van der Waals surface area (Å²) in [4.78, 5) is 17.4. The van der Waals surface area contributed by atoms with Gasteiger partial charge in [-0.05, 0) is 74.1 Å². The van der Waals surface area contributed by atoms with Crippen LogP contribution in [0.5, 0.6) is 5.75 Å². The molecule has 0 spiro atoms. The fraction of sp³-hybridized carbons (Fsp3) is 0.387. The lowest BCUT2D eigenvalue weighted by atomic mass is 9.78. The summed E-state index contributed by atoms with van der Waals surface area (Å²) in [6, 6.07) is 9.52. The van der Waals surface area contributed by atoms with Gasteiger partial charge in [-0.2, -0.15) is 18.3 Å². The van der Waals surface area contributed by atoms with Gasteiger partial charge in [0, 0.05) is 33.7 Å². The first-order valence-corrected chi connectivity index (χ1v) is 14.5. The van der Waals surface area contributed by atoms with E-state index in [1.165, 1.54) is 42.5 Å². The average Bonchev–Trinajstić information content (AvgIpc) is 3.91. The lowest BCUT2D eigenvalue weighted by Gasteiger charge is -2.32. The molecule has 1 amide bonds. The molecule has 3 aliphatic rings. The zero-order valence-corrected chi connectivity index (χ0v) is 23.8. The SMILES string of the molecule is C[C@@]1(C2CC2)COc2c1cc([C@@](O)(CNC(=O)c1cc(Cl)c3nn(C4CC4)cc3c1)C(F)(F)F)nc2-c1ccc(F)cc1. The molecule has 1 aliphatic heterocycles. The Morgan fingerprint density at radius 1 is 1.16 bits per heavy atom. The highest BCUT2D eigenvalue weighted by Gasteiger charge is 2.58. The van der Waals surface area contributed by atoms with E-state index in [4.69, 9.17) is 16.3 Å². The molecular formula is C31H27ClF4N4O3. The molecule has 0 saturated heterocycles. The van der Waals surface area contributed by atoms with E-state index in [1.807, 2.05) is 6.92 Å². The van der Waals surface area contributed by atoms with Crippen LogP contribution in [-0.4, -0.2) is 45.1 Å². The zero-order valence-electron chi connectivity index (χ0n) is 23.0. The van der Waals surface area contributed by atoms with Crippen LogP contribution < -0.4 is 10.1 Å². The molecule has 0 unspecified atom stereocenters. The fourth-order valence-corrected chi connectivity index (χ4v) is 6.16. The summed E-state index contributed by atoms with van der Waals surface area (Å²) in [6.45, 7) is 0.963. The number of aromatic nitrogens is 3. The molecule has 2 atom stereocenters. The van der Waals surface area contributed by atoms with Crippen molar-refractivity contribution in [2.75, 3.05) is 13.2 Å². The Labute approximate surface area is 248 Å². The molecule has 3 heterocycles. The van der Waals surface area contributed by atoms with Gasteiger partial charge in [0.2, 0.25) is 5.60 Å². The zero-order chi connectivity index (χ0) is 30.3. The minimum atomic E-state index is -5.22. The average molecular weight is 615 g/mol. The van der Waals surface area contributed by atoms with Gasteiger partial charge < -0.3 is 15.2 Å². The van der Waals surface area contributed by atoms with Gasteiger partial charge in [0.05, 0.1) is 29.9 Å². The Bertz CT molecular complexity index is 1770. The number of hydrogen-bond acceptors (Lipinski definition) is 5. The molecule has 2 aliphatic carbocycles. The molecule has 0 radical (unpaired) electrons. The number of benzene rings is 2. The van der Waals surface area contributed by atoms with Crippen LogP contribution in [0.4, 0.5) is 17.6 Å². The fourth-order valence-electron chi connectivity index (χ4n) is 5.89. The molecule has 2 aromatic heterocycles. The maximum atomic E-state index is 14.7. The van der Waals surface area contributed by atoms with Gasteiger partial charge in [-0.15, -0.1) is 0 Å². The van der Waals surface area contributed by atoms with E-state index in [2.05, 4.69) is 15.4 Å². The van der Waals surface area contributed by atoms with Crippen molar-refractivity contribution < 1.29 is 32.2 Å². The van der Waals surface area contributed by atoms with E-state index in [9.17, 15) is 27.5 Å². The summed E-state index contributed by atoms with van der Waals surface area (Å²) in [5, 5.41) is 18.8. The molecule has 2 aromatic carbocycles. The molecule has 2 fully saturated rings. The quantitative estimate of drug-likeness (QED) is 0.233. The number of aliphatic hydroxyl groups is 1. The number of pyridine rings is 1. The summed E-state index contributed by atoms with van der Waals surface area (Å²) in [7, 11) is 0. The molecule has 2 saturated carbocycles. The van der Waals surface area contributed by atoms with Crippen LogP contribution in [0.15, 0.2) is 48.7 Å². The van der Waals surface area contributed by atoms with Gasteiger partial charge in [0.15, 0.2) is 0 Å². The van der Waals surface area contributed by atoms with Crippen molar-refractivity contribution in [3.05, 3.63) is 76.3 Å². The standard InChI is InChI=1S/C31H27ClF4N4O3/c1-29(19-4-5-19)15-43-27-22(29)12-24(38-26(27)16-2-6-20(33)7-3-16)30(42,31(34,35)36)14-37-28(41)17-10-18-13-40(21-8-9-21)39-25(18)23(32)11-17/h2-3,6-7,10-13,19,21,42H,4-5,8-9,14-15H2,1H3,(H,37,41)/t29-,30-/m0/s1. The Kier molecular flexibility index (Phi) is 6.31. The number of carbonyl (C=O) groups is 1. The van der Waals surface area contributed by atoms with Crippen LogP contribution in [0.1, 0.15) is 60.3 Å². The van der Waals surface area contributed by atoms with E-state index in [0.717, 1.165) is 25.7 Å². The third-order valence-corrected chi connectivity index (χ3v) is 9.15. The highest BCUT2D eigenvalue weighted by molar-refractivity contribution is 6.35. The number of rotatable bonds is 7. The first-order chi connectivity index (χ1) is 20.4. The van der Waals surface area contributed by atoms with Crippen molar-refractivity contribution in [3.8, 4) is 17.0 Å². The third-order valence-electron chi connectivity index (χ3n) is 8.86. The number of carbonyl (C=O) groups excluding carboxylic acids is 1. The van der Waals surface area contributed by atoms with E-state index in [-0.39, 0.29) is 34.8 Å². The predicted molar refractivity (Wildman–Crippen MR) is 151 cm³/mol. The van der Waals surface area contributed by atoms with Gasteiger partial charge in [-0.25, -0.2) is 9.37 Å². The van der Waals surface area contributed by atoms with Crippen LogP contribution in [0, 0.1) is 11.7 Å².